The molecule has 3 amide bonds. The molecule has 230 valence electrons. The molecule has 5 N–H and O–H groups in total. The molecule has 3 aromatic rings. The van der Waals surface area contributed by atoms with Crippen LogP contribution in [0.5, 0.6) is 0 Å². The Morgan fingerprint density at radius 2 is 1.91 bits per heavy atom. The van der Waals surface area contributed by atoms with Crippen molar-refractivity contribution in [3.8, 4) is 0 Å². The highest BCUT2D eigenvalue weighted by Crippen LogP contribution is 2.25. The number of nitrogens with two attached hydrogens (primary N) is 1. The molecular weight excluding hydrogens is 581 g/mol. The van der Waals surface area contributed by atoms with Gasteiger partial charge in [-0.15, -0.1) is 0 Å². The second-order valence-electron chi connectivity index (χ2n) is 10.6. The maximum absolute atomic E-state index is 13.6. The molecule has 2 unspecified atom stereocenters. The van der Waals surface area contributed by atoms with Crippen LogP contribution < -0.4 is 21.7 Å². The fourth-order valence-electron chi connectivity index (χ4n) is 5.13. The molecule has 0 spiro atoms. The fourth-order valence-corrected chi connectivity index (χ4v) is 5.66. The smallest absolute Gasteiger partial charge is 0.255 e. The standard InChI is InChI=1S/C25H28N4O2S.C7H14N2OS/c26-19(16-32)15-28-20-9-10-21-18(14-20)7-4-8-22(21)25(31)29-12-11-27-24(30)23(29)13-17-5-2-1-3-6-17;1-11-5-4-9-3-2-8-6-7(9)10/h1-10,14,19,23,28,32H,11-13,15-16,26H2,(H,27,30);8H,2-6H2,1H3. The number of piperazine rings is 2. The molecule has 2 atom stereocenters. The number of hydrogen-bond donors (Lipinski definition) is 5. The minimum absolute atomic E-state index is 0.0336. The largest absolute Gasteiger partial charge is 0.383 e. The number of amides is 3. The van der Waals surface area contributed by atoms with Crippen LogP contribution in [0.15, 0.2) is 66.7 Å². The van der Waals surface area contributed by atoms with Crippen molar-refractivity contribution >= 4 is 58.6 Å². The molecule has 5 rings (SSSR count). The molecule has 0 aromatic heterocycles. The van der Waals surface area contributed by atoms with Crippen molar-refractivity contribution in [2.75, 3.05) is 68.9 Å². The van der Waals surface area contributed by atoms with Gasteiger partial charge >= 0.3 is 0 Å². The minimum atomic E-state index is -0.530. The number of rotatable bonds is 10. The van der Waals surface area contributed by atoms with Gasteiger partial charge in [0.25, 0.3) is 5.91 Å². The van der Waals surface area contributed by atoms with E-state index in [0.29, 0.717) is 43.9 Å². The fraction of sp³-hybridized carbons (Fsp3) is 0.406. The molecule has 2 fully saturated rings. The van der Waals surface area contributed by atoms with Crippen LogP contribution >= 0.6 is 24.4 Å². The third-order valence-electron chi connectivity index (χ3n) is 7.53. The molecule has 43 heavy (non-hydrogen) atoms. The lowest BCUT2D eigenvalue weighted by molar-refractivity contribution is -0.131. The molecule has 0 radical (unpaired) electrons. The summed E-state index contributed by atoms with van der Waals surface area (Å²) in [5.41, 5.74) is 8.51. The third kappa shape index (κ3) is 9.12. The summed E-state index contributed by atoms with van der Waals surface area (Å²) in [6.45, 7) is 4.81. The van der Waals surface area contributed by atoms with Gasteiger partial charge in [0.2, 0.25) is 11.8 Å². The van der Waals surface area contributed by atoms with Crippen molar-refractivity contribution in [1.29, 1.82) is 0 Å². The summed E-state index contributed by atoms with van der Waals surface area (Å²) in [6, 6.07) is 20.9. The molecule has 3 aromatic carbocycles. The van der Waals surface area contributed by atoms with Gasteiger partial charge in [-0.05, 0) is 40.8 Å². The number of anilines is 1. The zero-order valence-electron chi connectivity index (χ0n) is 24.6. The topological polar surface area (TPSA) is 120 Å². The Labute approximate surface area is 263 Å². The van der Waals surface area contributed by atoms with Crippen molar-refractivity contribution < 1.29 is 14.4 Å². The second-order valence-corrected chi connectivity index (χ2v) is 12.0. The molecule has 0 aliphatic carbocycles. The number of hydrogen-bond acceptors (Lipinski definition) is 8. The number of fused-ring (bicyclic) bond motifs is 1. The van der Waals surface area contributed by atoms with Gasteiger partial charge < -0.3 is 31.5 Å². The average Bonchev–Trinajstić information content (AvgIpc) is 3.04. The summed E-state index contributed by atoms with van der Waals surface area (Å²) in [5, 5.41) is 11.1. The van der Waals surface area contributed by atoms with Crippen LogP contribution in [0.25, 0.3) is 10.8 Å². The van der Waals surface area contributed by atoms with Crippen LogP contribution in [0, 0.1) is 0 Å². The van der Waals surface area contributed by atoms with E-state index in [0.717, 1.165) is 47.4 Å². The molecule has 0 bridgehead atoms. The van der Waals surface area contributed by atoms with E-state index in [4.69, 9.17) is 5.73 Å². The SMILES string of the molecule is CSCCN1CCNCC1=O.NC(CS)CNc1ccc2c(C(=O)N3CCNC(=O)C3Cc3ccccc3)cccc2c1. The van der Waals surface area contributed by atoms with Gasteiger partial charge in [-0.25, -0.2) is 0 Å². The van der Waals surface area contributed by atoms with Crippen LogP contribution in [0.1, 0.15) is 15.9 Å². The lowest BCUT2D eigenvalue weighted by Crippen LogP contribution is -2.58. The van der Waals surface area contributed by atoms with Gasteiger partial charge in [0, 0.05) is 74.5 Å². The highest BCUT2D eigenvalue weighted by Gasteiger charge is 2.34. The van der Waals surface area contributed by atoms with Crippen LogP contribution in [-0.4, -0.2) is 103 Å². The average molecular weight is 623 g/mol. The summed E-state index contributed by atoms with van der Waals surface area (Å²) < 4.78 is 0. The normalized spacial score (nSPS) is 17.6. The van der Waals surface area contributed by atoms with Crippen molar-refractivity contribution in [3.63, 3.8) is 0 Å². The predicted octanol–water partition coefficient (Wildman–Crippen LogP) is 2.47. The van der Waals surface area contributed by atoms with Gasteiger partial charge in [0.1, 0.15) is 6.04 Å². The third-order valence-corrected chi connectivity index (χ3v) is 8.59. The van der Waals surface area contributed by atoms with Crippen LogP contribution in [0.4, 0.5) is 5.69 Å². The lowest BCUT2D eigenvalue weighted by Gasteiger charge is -2.35. The van der Waals surface area contributed by atoms with Crippen LogP contribution in [-0.2, 0) is 16.0 Å². The first-order valence-electron chi connectivity index (χ1n) is 14.6. The summed E-state index contributed by atoms with van der Waals surface area (Å²) >= 11 is 6.00. The zero-order chi connectivity index (χ0) is 30.6. The Morgan fingerprint density at radius 3 is 2.65 bits per heavy atom. The highest BCUT2D eigenvalue weighted by molar-refractivity contribution is 7.98. The van der Waals surface area contributed by atoms with Gasteiger partial charge in [0.15, 0.2) is 0 Å². The Kier molecular flexibility index (Phi) is 12.6. The first-order chi connectivity index (χ1) is 20.9. The Balaban J connectivity index is 0.000000324. The van der Waals surface area contributed by atoms with Gasteiger partial charge in [-0.1, -0.05) is 48.5 Å². The Bertz CT molecular complexity index is 1380. The Morgan fingerprint density at radius 1 is 1.09 bits per heavy atom. The molecule has 11 heteroatoms. The number of thioether (sulfide) groups is 1. The van der Waals surface area contributed by atoms with Crippen molar-refractivity contribution in [2.24, 2.45) is 5.73 Å². The van der Waals surface area contributed by atoms with E-state index >= 15 is 0 Å². The molecule has 2 aliphatic rings. The molecule has 2 saturated heterocycles. The van der Waals surface area contributed by atoms with Crippen molar-refractivity contribution in [1.82, 2.24) is 20.4 Å². The molecule has 2 heterocycles. The van der Waals surface area contributed by atoms with E-state index in [2.05, 4.69) is 34.8 Å². The maximum Gasteiger partial charge on any atom is 0.255 e. The number of nitrogens with one attached hydrogen (secondary N) is 3. The maximum atomic E-state index is 13.6. The molecule has 9 nitrogen and oxygen atoms in total. The van der Waals surface area contributed by atoms with E-state index in [-0.39, 0.29) is 23.8 Å². The number of benzene rings is 3. The van der Waals surface area contributed by atoms with E-state index in [9.17, 15) is 14.4 Å². The van der Waals surface area contributed by atoms with E-state index in [1.54, 1.807) is 16.7 Å². The number of carbonyl (C=O) groups is 3. The number of nitrogens with zero attached hydrogens (tertiary/aromatic N) is 2. The summed E-state index contributed by atoms with van der Waals surface area (Å²) in [4.78, 5) is 41.1. The quantitative estimate of drug-likeness (QED) is 0.221. The van der Waals surface area contributed by atoms with E-state index < -0.39 is 6.04 Å². The van der Waals surface area contributed by atoms with Crippen molar-refractivity contribution in [3.05, 3.63) is 77.9 Å². The summed E-state index contributed by atoms with van der Waals surface area (Å²) in [6.07, 6.45) is 2.55. The Hall–Kier alpha value is -3.25. The summed E-state index contributed by atoms with van der Waals surface area (Å²) in [5.74, 6) is 1.66. The van der Waals surface area contributed by atoms with Gasteiger partial charge in [-0.2, -0.15) is 24.4 Å². The second kappa shape index (κ2) is 16.6. The van der Waals surface area contributed by atoms with Crippen LogP contribution in [0.2, 0.25) is 0 Å². The van der Waals surface area contributed by atoms with Crippen molar-refractivity contribution in [2.45, 2.75) is 18.5 Å². The predicted molar refractivity (Wildman–Crippen MR) is 180 cm³/mol. The van der Waals surface area contributed by atoms with E-state index in [1.165, 1.54) is 0 Å². The van der Waals surface area contributed by atoms with E-state index in [1.807, 2.05) is 71.6 Å². The molecular formula is C32H42N6O3S2. The lowest BCUT2D eigenvalue weighted by atomic mass is 9.98. The van der Waals surface area contributed by atoms with Gasteiger partial charge in [0.05, 0.1) is 6.54 Å². The highest BCUT2D eigenvalue weighted by atomic mass is 32.2. The van der Waals surface area contributed by atoms with Crippen LogP contribution in [0.3, 0.4) is 0 Å². The summed E-state index contributed by atoms with van der Waals surface area (Å²) in [7, 11) is 0. The minimum Gasteiger partial charge on any atom is -0.383 e. The first-order valence-corrected chi connectivity index (χ1v) is 16.7. The molecule has 2 aliphatic heterocycles. The number of carbonyl (C=O) groups excluding carboxylic acids is 3. The molecule has 0 saturated carbocycles. The monoisotopic (exact) mass is 622 g/mol. The first kappa shape index (κ1) is 32.7. The van der Waals surface area contributed by atoms with Gasteiger partial charge in [-0.3, -0.25) is 14.4 Å². The zero-order valence-corrected chi connectivity index (χ0v) is 26.3. The number of thiol groups is 1.